The molecule has 0 bridgehead atoms. The van der Waals surface area contributed by atoms with E-state index in [2.05, 4.69) is 10.0 Å². The molecule has 0 aliphatic carbocycles. The molecule has 0 amide bonds. The number of sulfonamides is 1. The largest absolute Gasteiger partial charge is 0.468 e. The van der Waals surface area contributed by atoms with Crippen LogP contribution in [0.3, 0.4) is 0 Å². The monoisotopic (exact) mass is 324 g/mol. The minimum atomic E-state index is -3.47. The zero-order valence-electron chi connectivity index (χ0n) is 12.1. The van der Waals surface area contributed by atoms with Crippen LogP contribution in [0.4, 0.5) is 5.69 Å². The summed E-state index contributed by atoms with van der Waals surface area (Å²) in [5, 5.41) is 2.84. The SMILES string of the molecule is CC(NS(C)(=O)=O)Oc1c(NCc2ccccc2)c(=O)c1=O. The van der Waals surface area contributed by atoms with E-state index in [4.69, 9.17) is 4.74 Å². The first-order valence-electron chi connectivity index (χ1n) is 6.53. The van der Waals surface area contributed by atoms with Gasteiger partial charge in [-0.1, -0.05) is 30.3 Å². The first-order chi connectivity index (χ1) is 10.3. The Morgan fingerprint density at radius 1 is 1.14 bits per heavy atom. The Bertz CT molecular complexity index is 823. The second-order valence-corrected chi connectivity index (χ2v) is 6.63. The van der Waals surface area contributed by atoms with Gasteiger partial charge >= 0.3 is 0 Å². The summed E-state index contributed by atoms with van der Waals surface area (Å²) in [6.07, 6.45) is 0.0272. The third kappa shape index (κ3) is 3.92. The fraction of sp³-hybridized carbons (Fsp3) is 0.286. The van der Waals surface area contributed by atoms with Crippen LogP contribution in [0.2, 0.25) is 0 Å². The Morgan fingerprint density at radius 2 is 1.77 bits per heavy atom. The molecule has 1 atom stereocenters. The van der Waals surface area contributed by atoms with E-state index >= 15 is 0 Å². The maximum atomic E-state index is 11.6. The van der Waals surface area contributed by atoms with Crippen LogP contribution in [-0.4, -0.2) is 20.9 Å². The van der Waals surface area contributed by atoms with Crippen LogP contribution in [-0.2, 0) is 16.6 Å². The van der Waals surface area contributed by atoms with Crippen LogP contribution in [0, 0.1) is 0 Å². The van der Waals surface area contributed by atoms with Gasteiger partial charge in [0, 0.05) is 6.54 Å². The van der Waals surface area contributed by atoms with Crippen molar-refractivity contribution in [2.45, 2.75) is 19.7 Å². The van der Waals surface area contributed by atoms with Gasteiger partial charge in [0.1, 0.15) is 5.69 Å². The minimum absolute atomic E-state index is 0.0657. The van der Waals surface area contributed by atoms with Crippen molar-refractivity contribution in [1.29, 1.82) is 0 Å². The number of rotatable bonds is 7. The summed E-state index contributed by atoms with van der Waals surface area (Å²) in [5.74, 6) is -0.149. The first kappa shape index (κ1) is 16.2. The van der Waals surface area contributed by atoms with Crippen molar-refractivity contribution in [3.05, 3.63) is 56.3 Å². The number of nitrogens with one attached hydrogen (secondary N) is 2. The van der Waals surface area contributed by atoms with Gasteiger partial charge in [-0.2, -0.15) is 4.72 Å². The highest BCUT2D eigenvalue weighted by Gasteiger charge is 2.24. The lowest BCUT2D eigenvalue weighted by molar-refractivity contribution is 0.207. The Morgan fingerprint density at radius 3 is 2.36 bits per heavy atom. The quantitative estimate of drug-likeness (QED) is 0.556. The molecule has 0 aliphatic heterocycles. The van der Waals surface area contributed by atoms with Crippen molar-refractivity contribution < 1.29 is 13.2 Å². The van der Waals surface area contributed by atoms with Crippen molar-refractivity contribution in [3.8, 4) is 5.75 Å². The number of anilines is 1. The number of ether oxygens (including phenoxy) is 1. The predicted molar refractivity (Wildman–Crippen MR) is 83.2 cm³/mol. The average molecular weight is 324 g/mol. The molecular weight excluding hydrogens is 308 g/mol. The van der Waals surface area contributed by atoms with E-state index in [1.54, 1.807) is 0 Å². The molecule has 0 heterocycles. The molecule has 2 N–H and O–H groups in total. The Hall–Kier alpha value is -2.19. The van der Waals surface area contributed by atoms with E-state index in [0.29, 0.717) is 6.54 Å². The maximum absolute atomic E-state index is 11.6. The van der Waals surface area contributed by atoms with Crippen LogP contribution >= 0.6 is 0 Å². The van der Waals surface area contributed by atoms with Crippen LogP contribution in [0.15, 0.2) is 39.9 Å². The second kappa shape index (κ2) is 6.29. The molecule has 2 aromatic carbocycles. The number of benzene rings is 1. The fourth-order valence-corrected chi connectivity index (χ4v) is 2.58. The summed E-state index contributed by atoms with van der Waals surface area (Å²) in [7, 11) is -3.47. The normalized spacial score (nSPS) is 13.0. The Labute approximate surface area is 127 Å². The highest BCUT2D eigenvalue weighted by molar-refractivity contribution is 7.88. The zero-order chi connectivity index (χ0) is 16.3. The molecule has 1 unspecified atom stereocenters. The Kier molecular flexibility index (Phi) is 4.62. The summed E-state index contributed by atoms with van der Waals surface area (Å²) in [6.45, 7) is 1.79. The van der Waals surface area contributed by atoms with Gasteiger partial charge in [-0.15, -0.1) is 0 Å². The van der Waals surface area contributed by atoms with Crippen LogP contribution < -0.4 is 25.6 Å². The van der Waals surface area contributed by atoms with Crippen molar-refractivity contribution in [2.75, 3.05) is 11.6 Å². The molecule has 0 saturated heterocycles. The molecule has 8 heteroatoms. The van der Waals surface area contributed by atoms with Crippen LogP contribution in [0.25, 0.3) is 0 Å². The highest BCUT2D eigenvalue weighted by atomic mass is 32.2. The first-order valence-corrected chi connectivity index (χ1v) is 8.42. The predicted octanol–water partition coefficient (Wildman–Crippen LogP) is 0.169. The smallest absolute Gasteiger partial charge is 0.272 e. The molecule has 22 heavy (non-hydrogen) atoms. The molecule has 7 nitrogen and oxygen atoms in total. The summed E-state index contributed by atoms with van der Waals surface area (Å²) in [4.78, 5) is 23.1. The molecule has 0 aromatic heterocycles. The standard InChI is InChI=1S/C14H16N2O5S/c1-9(16-22(2,19)20)21-14-11(12(17)13(14)18)15-8-10-6-4-3-5-7-10/h3-7,9,15-16H,8H2,1-2H3. The summed E-state index contributed by atoms with van der Waals surface area (Å²) in [5.41, 5.74) is -0.435. The lowest BCUT2D eigenvalue weighted by atomic mass is 10.2. The van der Waals surface area contributed by atoms with E-state index in [1.165, 1.54) is 6.92 Å². The van der Waals surface area contributed by atoms with Gasteiger partial charge in [-0.25, -0.2) is 8.42 Å². The van der Waals surface area contributed by atoms with Gasteiger partial charge in [-0.3, -0.25) is 9.59 Å². The molecule has 118 valence electrons. The van der Waals surface area contributed by atoms with Crippen molar-refractivity contribution in [3.63, 3.8) is 0 Å². The molecule has 0 aliphatic rings. The summed E-state index contributed by atoms with van der Waals surface area (Å²) in [6, 6.07) is 9.32. The van der Waals surface area contributed by atoms with Crippen LogP contribution in [0.1, 0.15) is 12.5 Å². The average Bonchev–Trinajstić information content (AvgIpc) is 2.45. The highest BCUT2D eigenvalue weighted by Crippen LogP contribution is 2.19. The molecule has 0 fully saturated rings. The van der Waals surface area contributed by atoms with Crippen molar-refractivity contribution in [1.82, 2.24) is 4.72 Å². The molecule has 2 rings (SSSR count). The van der Waals surface area contributed by atoms with Gasteiger partial charge in [0.2, 0.25) is 10.0 Å². The van der Waals surface area contributed by atoms with Crippen molar-refractivity contribution >= 4 is 15.7 Å². The minimum Gasteiger partial charge on any atom is -0.468 e. The number of hydrogen-bond donors (Lipinski definition) is 2. The lowest BCUT2D eigenvalue weighted by Gasteiger charge is -2.18. The second-order valence-electron chi connectivity index (χ2n) is 4.85. The van der Waals surface area contributed by atoms with E-state index in [1.807, 2.05) is 30.3 Å². The number of hydrogen-bond acceptors (Lipinski definition) is 6. The van der Waals surface area contributed by atoms with Gasteiger partial charge < -0.3 is 10.1 Å². The van der Waals surface area contributed by atoms with Crippen molar-refractivity contribution in [2.24, 2.45) is 0 Å². The maximum Gasteiger partial charge on any atom is 0.272 e. The Balaban J connectivity index is 2.06. The summed E-state index contributed by atoms with van der Waals surface area (Å²) >= 11 is 0. The van der Waals surface area contributed by atoms with Crippen LogP contribution in [0.5, 0.6) is 5.75 Å². The fourth-order valence-electron chi connectivity index (χ4n) is 1.93. The molecular formula is C14H16N2O5S. The third-order valence-corrected chi connectivity index (χ3v) is 3.61. The van der Waals surface area contributed by atoms with E-state index in [-0.39, 0.29) is 11.4 Å². The topological polar surface area (TPSA) is 102 Å². The molecule has 2 aromatic rings. The van der Waals surface area contributed by atoms with Gasteiger partial charge in [0.05, 0.1) is 6.26 Å². The molecule has 0 radical (unpaired) electrons. The van der Waals surface area contributed by atoms with E-state index in [0.717, 1.165) is 11.8 Å². The van der Waals surface area contributed by atoms with Gasteiger partial charge in [0.25, 0.3) is 10.9 Å². The third-order valence-electron chi connectivity index (χ3n) is 2.85. The van der Waals surface area contributed by atoms with E-state index in [9.17, 15) is 18.0 Å². The zero-order valence-corrected chi connectivity index (χ0v) is 12.9. The molecule has 0 saturated carbocycles. The molecule has 0 spiro atoms. The van der Waals surface area contributed by atoms with Gasteiger partial charge in [-0.05, 0) is 12.5 Å². The lowest BCUT2D eigenvalue weighted by Crippen LogP contribution is -2.42. The van der Waals surface area contributed by atoms with E-state index < -0.39 is 27.1 Å². The summed E-state index contributed by atoms with van der Waals surface area (Å²) < 4.78 is 29.6. The van der Waals surface area contributed by atoms with Gasteiger partial charge in [0.15, 0.2) is 12.0 Å².